The molecule has 6 nitrogen and oxygen atoms in total. The normalized spacial score (nSPS) is 20.7. The molecule has 0 saturated carbocycles. The van der Waals surface area contributed by atoms with Gasteiger partial charge in [-0.05, 0) is 49.6 Å². The standard InChI is InChI=1S/C20H20N2O4S/c21-12-14-5-3-4-10-22(14)20(24)13-8-9-16-18(11-13)27(25,26)17-7-2-1-6-15(17)19(16)23/h1-2,6-9,11,14H,3-5,10,12,21H2. The van der Waals surface area contributed by atoms with Gasteiger partial charge in [-0.25, -0.2) is 8.42 Å². The second-order valence-electron chi connectivity index (χ2n) is 6.92. The van der Waals surface area contributed by atoms with Gasteiger partial charge in [-0.2, -0.15) is 0 Å². The van der Waals surface area contributed by atoms with Gasteiger partial charge in [0.15, 0.2) is 5.78 Å². The highest BCUT2D eigenvalue weighted by Crippen LogP contribution is 2.35. The maximum atomic E-state index is 13.0. The molecule has 2 heterocycles. The van der Waals surface area contributed by atoms with E-state index in [1.165, 1.54) is 30.3 Å². The van der Waals surface area contributed by atoms with Crippen LogP contribution in [0.5, 0.6) is 0 Å². The summed E-state index contributed by atoms with van der Waals surface area (Å²) in [4.78, 5) is 27.3. The highest BCUT2D eigenvalue weighted by molar-refractivity contribution is 7.91. The molecule has 1 amide bonds. The summed E-state index contributed by atoms with van der Waals surface area (Å²) in [6, 6.07) is 10.4. The van der Waals surface area contributed by atoms with Gasteiger partial charge in [0.05, 0.1) is 9.79 Å². The summed E-state index contributed by atoms with van der Waals surface area (Å²) < 4.78 is 26.0. The van der Waals surface area contributed by atoms with E-state index in [9.17, 15) is 18.0 Å². The van der Waals surface area contributed by atoms with Crippen LogP contribution >= 0.6 is 0 Å². The van der Waals surface area contributed by atoms with E-state index in [0.29, 0.717) is 13.1 Å². The molecular weight excluding hydrogens is 364 g/mol. The first-order valence-electron chi connectivity index (χ1n) is 8.99. The van der Waals surface area contributed by atoms with E-state index in [-0.39, 0.29) is 44.2 Å². The van der Waals surface area contributed by atoms with E-state index in [2.05, 4.69) is 0 Å². The van der Waals surface area contributed by atoms with Crippen LogP contribution in [0.4, 0.5) is 0 Å². The van der Waals surface area contributed by atoms with E-state index in [1.807, 2.05) is 0 Å². The first kappa shape index (κ1) is 17.9. The number of nitrogens with two attached hydrogens (primary N) is 1. The molecule has 2 N–H and O–H groups in total. The molecule has 27 heavy (non-hydrogen) atoms. The maximum Gasteiger partial charge on any atom is 0.254 e. The Morgan fingerprint density at radius 3 is 2.59 bits per heavy atom. The van der Waals surface area contributed by atoms with Crippen LogP contribution in [0.1, 0.15) is 45.5 Å². The van der Waals surface area contributed by atoms with E-state index >= 15 is 0 Å². The second kappa shape index (κ2) is 6.58. The number of piperidine rings is 1. The Morgan fingerprint density at radius 1 is 1.07 bits per heavy atom. The lowest BCUT2D eigenvalue weighted by molar-refractivity contribution is 0.0622. The Bertz CT molecular complexity index is 1050. The molecule has 0 spiro atoms. The van der Waals surface area contributed by atoms with Crippen LogP contribution < -0.4 is 5.73 Å². The van der Waals surface area contributed by atoms with Crippen molar-refractivity contribution >= 4 is 21.5 Å². The number of rotatable bonds is 2. The first-order chi connectivity index (χ1) is 12.9. The summed E-state index contributed by atoms with van der Waals surface area (Å²) in [6.07, 6.45) is 2.77. The Kier molecular flexibility index (Phi) is 4.36. The van der Waals surface area contributed by atoms with Crippen LogP contribution in [-0.2, 0) is 9.84 Å². The molecule has 2 aliphatic rings. The molecule has 0 radical (unpaired) electrons. The molecule has 1 atom stereocenters. The summed E-state index contributed by atoms with van der Waals surface area (Å²) >= 11 is 0. The molecule has 7 heteroatoms. The lowest BCUT2D eigenvalue weighted by Crippen LogP contribution is -2.47. The third-order valence-electron chi connectivity index (χ3n) is 5.34. The van der Waals surface area contributed by atoms with E-state index in [0.717, 1.165) is 19.3 Å². The Hall–Kier alpha value is -2.51. The SMILES string of the molecule is NCC1CCCCN1C(=O)c1ccc2c(c1)S(=O)(=O)c1ccccc1C2=O. The van der Waals surface area contributed by atoms with Crippen molar-refractivity contribution < 1.29 is 18.0 Å². The number of hydrogen-bond acceptors (Lipinski definition) is 5. The number of carbonyl (C=O) groups is 2. The van der Waals surface area contributed by atoms with Gasteiger partial charge >= 0.3 is 0 Å². The van der Waals surface area contributed by atoms with Gasteiger partial charge in [0, 0.05) is 35.8 Å². The predicted octanol–water partition coefficient (Wildman–Crippen LogP) is 2.02. The molecule has 2 aromatic carbocycles. The fourth-order valence-corrected chi connectivity index (χ4v) is 5.57. The van der Waals surface area contributed by atoms with Crippen LogP contribution in [0.3, 0.4) is 0 Å². The molecule has 0 aromatic heterocycles. The predicted molar refractivity (Wildman–Crippen MR) is 99.5 cm³/mol. The zero-order chi connectivity index (χ0) is 19.2. The largest absolute Gasteiger partial charge is 0.334 e. The number of benzene rings is 2. The highest BCUT2D eigenvalue weighted by atomic mass is 32.2. The smallest absolute Gasteiger partial charge is 0.254 e. The second-order valence-corrected chi connectivity index (χ2v) is 8.81. The van der Waals surface area contributed by atoms with Gasteiger partial charge in [0.1, 0.15) is 0 Å². The molecule has 0 aliphatic carbocycles. The zero-order valence-corrected chi connectivity index (χ0v) is 15.5. The molecule has 140 valence electrons. The number of hydrogen-bond donors (Lipinski definition) is 1. The Morgan fingerprint density at radius 2 is 1.81 bits per heavy atom. The minimum absolute atomic E-state index is 0.00935. The molecular formula is C20H20N2O4S. The van der Waals surface area contributed by atoms with Gasteiger partial charge in [-0.1, -0.05) is 12.1 Å². The molecule has 1 unspecified atom stereocenters. The number of likely N-dealkylation sites (tertiary alicyclic amines) is 1. The average Bonchev–Trinajstić information content (AvgIpc) is 2.71. The van der Waals surface area contributed by atoms with Gasteiger partial charge in [0.2, 0.25) is 9.84 Å². The van der Waals surface area contributed by atoms with Gasteiger partial charge in [-0.15, -0.1) is 0 Å². The monoisotopic (exact) mass is 384 g/mol. The summed E-state index contributed by atoms with van der Waals surface area (Å²) in [5, 5.41) is 0. The third kappa shape index (κ3) is 2.78. The van der Waals surface area contributed by atoms with Crippen molar-refractivity contribution in [2.45, 2.75) is 35.1 Å². The van der Waals surface area contributed by atoms with E-state index < -0.39 is 9.84 Å². The quantitative estimate of drug-likeness (QED) is 0.729. The molecule has 2 aromatic rings. The lowest BCUT2D eigenvalue weighted by Gasteiger charge is -2.35. The zero-order valence-electron chi connectivity index (χ0n) is 14.7. The van der Waals surface area contributed by atoms with E-state index in [4.69, 9.17) is 5.73 Å². The van der Waals surface area contributed by atoms with Crippen molar-refractivity contribution in [3.63, 3.8) is 0 Å². The fourth-order valence-electron chi connectivity index (χ4n) is 3.90. The summed E-state index contributed by atoms with van der Waals surface area (Å²) in [7, 11) is -3.86. The van der Waals surface area contributed by atoms with Crippen molar-refractivity contribution in [1.82, 2.24) is 4.90 Å². The topological polar surface area (TPSA) is 97.5 Å². The van der Waals surface area contributed by atoms with Crippen molar-refractivity contribution in [3.8, 4) is 0 Å². The van der Waals surface area contributed by atoms with Crippen LogP contribution in [0.2, 0.25) is 0 Å². The first-order valence-corrected chi connectivity index (χ1v) is 10.5. The minimum Gasteiger partial charge on any atom is -0.334 e. The van der Waals surface area contributed by atoms with Crippen LogP contribution in [-0.4, -0.2) is 44.1 Å². The summed E-state index contributed by atoms with van der Waals surface area (Å²) in [5.74, 6) is -0.582. The summed E-state index contributed by atoms with van der Waals surface area (Å²) in [6.45, 7) is 0.979. The number of ketones is 1. The molecule has 1 fully saturated rings. The number of amides is 1. The number of carbonyl (C=O) groups excluding carboxylic acids is 2. The molecule has 2 aliphatic heterocycles. The molecule has 1 saturated heterocycles. The summed E-state index contributed by atoms with van der Waals surface area (Å²) in [5.41, 5.74) is 6.35. The maximum absolute atomic E-state index is 13.0. The fraction of sp³-hybridized carbons (Fsp3) is 0.300. The van der Waals surface area contributed by atoms with Crippen molar-refractivity contribution in [3.05, 3.63) is 59.2 Å². The lowest BCUT2D eigenvalue weighted by atomic mass is 9.98. The molecule has 0 bridgehead atoms. The van der Waals surface area contributed by atoms with Gasteiger partial charge < -0.3 is 10.6 Å². The Labute approximate surface area is 157 Å². The van der Waals surface area contributed by atoms with Crippen molar-refractivity contribution in [1.29, 1.82) is 0 Å². The van der Waals surface area contributed by atoms with E-state index in [1.54, 1.807) is 17.0 Å². The van der Waals surface area contributed by atoms with Crippen LogP contribution in [0.25, 0.3) is 0 Å². The molecule has 4 rings (SSSR count). The highest BCUT2D eigenvalue weighted by Gasteiger charge is 2.36. The minimum atomic E-state index is -3.86. The number of sulfone groups is 1. The van der Waals surface area contributed by atoms with Crippen LogP contribution in [0.15, 0.2) is 52.3 Å². The van der Waals surface area contributed by atoms with Crippen molar-refractivity contribution in [2.75, 3.05) is 13.1 Å². The number of fused-ring (bicyclic) bond motifs is 2. The number of nitrogens with zero attached hydrogens (tertiary/aromatic N) is 1. The Balaban J connectivity index is 1.79. The van der Waals surface area contributed by atoms with Crippen LogP contribution in [0, 0.1) is 0 Å². The van der Waals surface area contributed by atoms with Gasteiger partial charge in [-0.3, -0.25) is 9.59 Å². The average molecular weight is 384 g/mol. The van der Waals surface area contributed by atoms with Gasteiger partial charge in [0.25, 0.3) is 5.91 Å². The third-order valence-corrected chi connectivity index (χ3v) is 7.20. The van der Waals surface area contributed by atoms with Crippen molar-refractivity contribution in [2.24, 2.45) is 5.73 Å².